The summed E-state index contributed by atoms with van der Waals surface area (Å²) < 4.78 is 6.89. The van der Waals surface area contributed by atoms with Gasteiger partial charge in [0.15, 0.2) is 0 Å². The number of aromatic nitrogens is 1. The topological polar surface area (TPSA) is 60.3 Å². The van der Waals surface area contributed by atoms with Gasteiger partial charge >= 0.3 is 0 Å². The summed E-state index contributed by atoms with van der Waals surface area (Å²) in [4.78, 5) is 24.5. The molecule has 1 amide bonds. The van der Waals surface area contributed by atoms with Gasteiger partial charge in [0.2, 0.25) is 0 Å². The van der Waals surface area contributed by atoms with Crippen molar-refractivity contribution in [2.45, 2.75) is 19.4 Å². The zero-order valence-electron chi connectivity index (χ0n) is 11.8. The second kappa shape index (κ2) is 5.44. The second-order valence-corrected chi connectivity index (χ2v) is 4.95. The molecule has 3 rings (SSSR count). The van der Waals surface area contributed by atoms with Crippen LogP contribution in [0.3, 0.4) is 0 Å². The lowest BCUT2D eigenvalue weighted by atomic mass is 10.1. The van der Waals surface area contributed by atoms with Crippen LogP contribution in [0.15, 0.2) is 41.2 Å². The summed E-state index contributed by atoms with van der Waals surface area (Å²) in [6, 6.07) is 10.6. The van der Waals surface area contributed by atoms with Crippen LogP contribution in [0.25, 0.3) is 0 Å². The fourth-order valence-electron chi connectivity index (χ4n) is 2.70. The van der Waals surface area contributed by atoms with Gasteiger partial charge in [-0.1, -0.05) is 18.2 Å². The highest BCUT2D eigenvalue weighted by molar-refractivity contribution is 6.07. The predicted molar refractivity (Wildman–Crippen MR) is 80.0 cm³/mol. The SMILES string of the molecule is COc1cc(=O)n2c(c1C(=O)Nc1ccccc1)CCC2. The number of para-hydroxylation sites is 1. The maximum absolute atomic E-state index is 12.6. The minimum atomic E-state index is -0.247. The molecule has 21 heavy (non-hydrogen) atoms. The molecule has 0 radical (unpaired) electrons. The van der Waals surface area contributed by atoms with Gasteiger partial charge in [-0.05, 0) is 25.0 Å². The van der Waals surface area contributed by atoms with Crippen LogP contribution in [0, 0.1) is 0 Å². The minimum absolute atomic E-state index is 0.115. The van der Waals surface area contributed by atoms with Gasteiger partial charge in [0, 0.05) is 24.0 Å². The first-order chi connectivity index (χ1) is 10.2. The van der Waals surface area contributed by atoms with E-state index in [0.717, 1.165) is 12.1 Å². The van der Waals surface area contributed by atoms with E-state index >= 15 is 0 Å². The van der Waals surface area contributed by atoms with Crippen molar-refractivity contribution >= 4 is 11.6 Å². The van der Waals surface area contributed by atoms with E-state index in [1.165, 1.54) is 13.2 Å². The number of methoxy groups -OCH3 is 1. The van der Waals surface area contributed by atoms with Gasteiger partial charge in [-0.3, -0.25) is 9.59 Å². The van der Waals surface area contributed by atoms with Crippen LogP contribution in [0.5, 0.6) is 5.75 Å². The third-order valence-corrected chi connectivity index (χ3v) is 3.66. The number of ether oxygens (including phenoxy) is 1. The lowest BCUT2D eigenvalue weighted by molar-refractivity contribution is 0.102. The molecule has 0 aliphatic carbocycles. The lowest BCUT2D eigenvalue weighted by Gasteiger charge is -2.14. The molecular formula is C16H16N2O3. The molecule has 5 nitrogen and oxygen atoms in total. The van der Waals surface area contributed by atoms with Crippen molar-refractivity contribution < 1.29 is 9.53 Å². The number of benzene rings is 1. The summed E-state index contributed by atoms with van der Waals surface area (Å²) >= 11 is 0. The smallest absolute Gasteiger partial charge is 0.261 e. The van der Waals surface area contributed by atoms with E-state index in [9.17, 15) is 9.59 Å². The van der Waals surface area contributed by atoms with Gasteiger partial charge in [0.25, 0.3) is 11.5 Å². The van der Waals surface area contributed by atoms with Crippen molar-refractivity contribution in [1.82, 2.24) is 4.57 Å². The Kier molecular flexibility index (Phi) is 3.48. The molecule has 0 unspecified atom stereocenters. The predicted octanol–water partition coefficient (Wildman–Crippen LogP) is 2.06. The summed E-state index contributed by atoms with van der Waals surface area (Å²) in [7, 11) is 1.47. The van der Waals surface area contributed by atoms with Crippen molar-refractivity contribution in [2.75, 3.05) is 12.4 Å². The second-order valence-electron chi connectivity index (χ2n) is 4.95. The average molecular weight is 284 g/mol. The number of nitrogens with one attached hydrogen (secondary N) is 1. The van der Waals surface area contributed by atoms with E-state index in [4.69, 9.17) is 4.74 Å². The first-order valence-corrected chi connectivity index (χ1v) is 6.88. The summed E-state index contributed by atoms with van der Waals surface area (Å²) in [5.41, 5.74) is 1.81. The summed E-state index contributed by atoms with van der Waals surface area (Å²) in [5, 5.41) is 2.85. The summed E-state index contributed by atoms with van der Waals surface area (Å²) in [5.74, 6) is 0.0882. The van der Waals surface area contributed by atoms with Gasteiger partial charge < -0.3 is 14.6 Å². The molecule has 0 atom stereocenters. The van der Waals surface area contributed by atoms with Gasteiger partial charge in [-0.2, -0.15) is 0 Å². The number of amides is 1. The molecule has 1 aliphatic rings. The standard InChI is InChI=1S/C16H16N2O3/c1-21-13-10-14(19)18-9-5-8-12(18)15(13)16(20)17-11-6-3-2-4-7-11/h2-4,6-7,10H,5,8-9H2,1H3,(H,17,20). The van der Waals surface area contributed by atoms with Crippen LogP contribution in [0.1, 0.15) is 22.5 Å². The van der Waals surface area contributed by atoms with Crippen molar-refractivity contribution in [3.63, 3.8) is 0 Å². The van der Waals surface area contributed by atoms with E-state index in [-0.39, 0.29) is 11.5 Å². The first-order valence-electron chi connectivity index (χ1n) is 6.88. The zero-order chi connectivity index (χ0) is 14.8. The van der Waals surface area contributed by atoms with E-state index in [2.05, 4.69) is 5.32 Å². The van der Waals surface area contributed by atoms with Crippen LogP contribution >= 0.6 is 0 Å². The number of nitrogens with zero attached hydrogens (tertiary/aromatic N) is 1. The number of hydrogen-bond donors (Lipinski definition) is 1. The molecule has 0 saturated carbocycles. The molecule has 108 valence electrons. The van der Waals surface area contributed by atoms with Crippen LogP contribution in [0.4, 0.5) is 5.69 Å². The monoisotopic (exact) mass is 284 g/mol. The molecule has 0 fully saturated rings. The average Bonchev–Trinajstić information content (AvgIpc) is 2.97. The van der Waals surface area contributed by atoms with Crippen molar-refractivity contribution in [2.24, 2.45) is 0 Å². The third-order valence-electron chi connectivity index (χ3n) is 3.66. The Bertz CT molecular complexity index is 735. The normalized spacial score (nSPS) is 12.8. The highest BCUT2D eigenvalue weighted by Gasteiger charge is 2.25. The number of pyridine rings is 1. The maximum Gasteiger partial charge on any atom is 0.261 e. The van der Waals surface area contributed by atoms with E-state index in [0.29, 0.717) is 30.0 Å². The number of carbonyl (C=O) groups excluding carboxylic acids is 1. The van der Waals surface area contributed by atoms with Gasteiger partial charge in [0.05, 0.1) is 7.11 Å². The van der Waals surface area contributed by atoms with Crippen molar-refractivity contribution in [1.29, 1.82) is 0 Å². The Morgan fingerprint density at radius 1 is 1.29 bits per heavy atom. The Hall–Kier alpha value is -2.56. The summed E-state index contributed by atoms with van der Waals surface area (Å²) in [6.45, 7) is 0.657. The zero-order valence-corrected chi connectivity index (χ0v) is 11.8. The Morgan fingerprint density at radius 2 is 2.05 bits per heavy atom. The summed E-state index contributed by atoms with van der Waals surface area (Å²) in [6.07, 6.45) is 1.58. The quantitative estimate of drug-likeness (QED) is 0.938. The van der Waals surface area contributed by atoms with E-state index in [1.807, 2.05) is 30.3 Å². The van der Waals surface area contributed by atoms with Gasteiger partial charge in [0.1, 0.15) is 11.3 Å². The fraction of sp³-hybridized carbons (Fsp3) is 0.250. The number of rotatable bonds is 3. The molecule has 2 heterocycles. The highest BCUT2D eigenvalue weighted by atomic mass is 16.5. The van der Waals surface area contributed by atoms with Crippen molar-refractivity contribution in [3.05, 3.63) is 58.0 Å². The third kappa shape index (κ3) is 2.42. The van der Waals surface area contributed by atoms with Crippen LogP contribution < -0.4 is 15.6 Å². The number of anilines is 1. The highest BCUT2D eigenvalue weighted by Crippen LogP contribution is 2.26. The molecule has 0 saturated heterocycles. The number of fused-ring (bicyclic) bond motifs is 1. The Balaban J connectivity index is 2.03. The molecule has 0 spiro atoms. The Morgan fingerprint density at radius 3 is 2.76 bits per heavy atom. The molecule has 1 aliphatic heterocycles. The van der Waals surface area contributed by atoms with Crippen LogP contribution in [-0.4, -0.2) is 17.6 Å². The molecular weight excluding hydrogens is 268 g/mol. The first kappa shape index (κ1) is 13.4. The molecule has 1 aromatic heterocycles. The van der Waals surface area contributed by atoms with Gasteiger partial charge in [-0.15, -0.1) is 0 Å². The van der Waals surface area contributed by atoms with Crippen LogP contribution in [-0.2, 0) is 13.0 Å². The Labute approximate surface area is 122 Å². The lowest BCUT2D eigenvalue weighted by Crippen LogP contribution is -2.24. The molecule has 2 aromatic rings. The number of carbonyl (C=O) groups is 1. The van der Waals surface area contributed by atoms with E-state index in [1.54, 1.807) is 4.57 Å². The molecule has 1 N–H and O–H groups in total. The largest absolute Gasteiger partial charge is 0.496 e. The molecule has 5 heteroatoms. The van der Waals surface area contributed by atoms with Gasteiger partial charge in [-0.25, -0.2) is 0 Å². The molecule has 0 bridgehead atoms. The molecule has 1 aromatic carbocycles. The fourth-order valence-corrected chi connectivity index (χ4v) is 2.70. The minimum Gasteiger partial charge on any atom is -0.496 e. The maximum atomic E-state index is 12.6. The van der Waals surface area contributed by atoms with E-state index < -0.39 is 0 Å². The number of hydrogen-bond acceptors (Lipinski definition) is 3. The van der Waals surface area contributed by atoms with Crippen molar-refractivity contribution in [3.8, 4) is 5.75 Å². The van der Waals surface area contributed by atoms with Crippen LogP contribution in [0.2, 0.25) is 0 Å².